The Morgan fingerprint density at radius 3 is 2.62 bits per heavy atom. The fourth-order valence-electron chi connectivity index (χ4n) is 3.15. The molecule has 2 aliphatic rings. The van der Waals surface area contributed by atoms with Crippen LogP contribution in [0.5, 0.6) is 0 Å². The molecule has 1 fully saturated rings. The van der Waals surface area contributed by atoms with Crippen molar-refractivity contribution in [2.75, 3.05) is 6.61 Å². The first-order valence-electron chi connectivity index (χ1n) is 8.38. The van der Waals surface area contributed by atoms with Gasteiger partial charge in [0.25, 0.3) is 0 Å². The van der Waals surface area contributed by atoms with Gasteiger partial charge in [-0.15, -0.1) is 0 Å². The molecule has 2 amide bonds. The molecule has 1 aromatic carbocycles. The number of nitrogens with one attached hydrogen (secondary N) is 1. The van der Waals surface area contributed by atoms with E-state index < -0.39 is 29.8 Å². The normalized spacial score (nSPS) is 20.9. The Bertz CT molecular complexity index is 769. The Kier molecular flexibility index (Phi) is 4.68. The molecule has 1 N–H and O–H groups in total. The van der Waals surface area contributed by atoms with E-state index in [1.165, 1.54) is 17.0 Å². The molecule has 140 valence electrons. The number of halogens is 3. The molecule has 1 aliphatic heterocycles. The quantitative estimate of drug-likeness (QED) is 0.823. The van der Waals surface area contributed by atoms with E-state index >= 15 is 0 Å². The summed E-state index contributed by atoms with van der Waals surface area (Å²) >= 11 is 0. The highest BCUT2D eigenvalue weighted by Gasteiger charge is 2.43. The van der Waals surface area contributed by atoms with Crippen molar-refractivity contribution in [1.82, 2.24) is 10.2 Å². The molecular formula is C18H19F3N2O3. The number of carbonyl (C=O) groups is 2. The van der Waals surface area contributed by atoms with E-state index in [1.807, 2.05) is 0 Å². The van der Waals surface area contributed by atoms with Crippen molar-refractivity contribution in [3.05, 3.63) is 46.7 Å². The number of nitrogens with zero attached hydrogens (tertiary/aromatic N) is 1. The highest BCUT2D eigenvalue weighted by Crippen LogP contribution is 2.39. The van der Waals surface area contributed by atoms with E-state index in [0.29, 0.717) is 5.70 Å². The van der Waals surface area contributed by atoms with Crippen molar-refractivity contribution in [3.63, 3.8) is 0 Å². The molecule has 0 saturated heterocycles. The maximum absolute atomic E-state index is 13.0. The third-order valence-electron chi connectivity index (χ3n) is 4.48. The molecule has 1 unspecified atom stereocenters. The van der Waals surface area contributed by atoms with Gasteiger partial charge in [0.2, 0.25) is 0 Å². The van der Waals surface area contributed by atoms with Crippen molar-refractivity contribution in [1.29, 1.82) is 0 Å². The molecule has 1 heterocycles. The second-order valence-corrected chi connectivity index (χ2v) is 6.33. The van der Waals surface area contributed by atoms with Crippen molar-refractivity contribution in [2.24, 2.45) is 0 Å². The first-order valence-corrected chi connectivity index (χ1v) is 8.38. The van der Waals surface area contributed by atoms with Crippen molar-refractivity contribution in [2.45, 2.75) is 44.9 Å². The molecule has 3 rings (SSSR count). The molecule has 0 bridgehead atoms. The highest BCUT2D eigenvalue weighted by molar-refractivity contribution is 5.95. The van der Waals surface area contributed by atoms with Gasteiger partial charge in [-0.05, 0) is 44.4 Å². The van der Waals surface area contributed by atoms with Crippen LogP contribution in [-0.4, -0.2) is 29.5 Å². The van der Waals surface area contributed by atoms with Crippen molar-refractivity contribution < 1.29 is 27.5 Å². The van der Waals surface area contributed by atoms with Gasteiger partial charge < -0.3 is 10.1 Å². The zero-order valence-corrected chi connectivity index (χ0v) is 14.4. The summed E-state index contributed by atoms with van der Waals surface area (Å²) in [7, 11) is 0. The van der Waals surface area contributed by atoms with Crippen LogP contribution in [0.25, 0.3) is 0 Å². The molecule has 8 heteroatoms. The van der Waals surface area contributed by atoms with Crippen LogP contribution in [0.3, 0.4) is 0 Å². The average molecular weight is 368 g/mol. The Morgan fingerprint density at radius 2 is 2.04 bits per heavy atom. The lowest BCUT2D eigenvalue weighted by atomic mass is 9.93. The number of ether oxygens (including phenoxy) is 1. The standard InChI is InChI=1S/C18H19F3N2O3/c1-3-26-16(24)14-10(2)23(13-7-8-13)17(25)22-15(14)11-5-4-6-12(9-11)18(19,20)21/h4-6,9,13,15H,3,7-8H2,1-2H3,(H,22,25). The van der Waals surface area contributed by atoms with Gasteiger partial charge >= 0.3 is 18.2 Å². The first kappa shape index (κ1) is 18.3. The third-order valence-corrected chi connectivity index (χ3v) is 4.48. The summed E-state index contributed by atoms with van der Waals surface area (Å²) in [5.41, 5.74) is -0.0597. The summed E-state index contributed by atoms with van der Waals surface area (Å²) in [6, 6.07) is 3.23. The molecule has 0 aromatic heterocycles. The Balaban J connectivity index is 2.07. The zero-order chi connectivity index (χ0) is 19.1. The first-order chi connectivity index (χ1) is 12.2. The van der Waals surface area contributed by atoms with Crippen molar-refractivity contribution in [3.8, 4) is 0 Å². The van der Waals surface area contributed by atoms with E-state index in [-0.39, 0.29) is 23.8 Å². The summed E-state index contributed by atoms with van der Waals surface area (Å²) in [4.78, 5) is 26.5. The van der Waals surface area contributed by atoms with Crippen LogP contribution in [0.2, 0.25) is 0 Å². The van der Waals surface area contributed by atoms with Crippen LogP contribution in [0.4, 0.5) is 18.0 Å². The second-order valence-electron chi connectivity index (χ2n) is 6.33. The molecule has 1 aliphatic carbocycles. The molecule has 1 saturated carbocycles. The van der Waals surface area contributed by atoms with Gasteiger partial charge in [0.05, 0.1) is 23.8 Å². The van der Waals surface area contributed by atoms with Gasteiger partial charge in [0.15, 0.2) is 0 Å². The molecule has 0 spiro atoms. The van der Waals surface area contributed by atoms with Crippen LogP contribution < -0.4 is 5.32 Å². The number of amides is 2. The third kappa shape index (κ3) is 3.40. The second kappa shape index (κ2) is 6.66. The number of hydrogen-bond donors (Lipinski definition) is 1. The minimum Gasteiger partial charge on any atom is -0.463 e. The van der Waals surface area contributed by atoms with Gasteiger partial charge in [-0.1, -0.05) is 12.1 Å². The topological polar surface area (TPSA) is 58.6 Å². The molecule has 26 heavy (non-hydrogen) atoms. The number of benzene rings is 1. The molecular weight excluding hydrogens is 349 g/mol. The number of allylic oxidation sites excluding steroid dienone is 1. The van der Waals surface area contributed by atoms with Gasteiger partial charge in [-0.2, -0.15) is 13.2 Å². The number of hydrogen-bond acceptors (Lipinski definition) is 3. The minimum absolute atomic E-state index is 0.0156. The monoisotopic (exact) mass is 368 g/mol. The summed E-state index contributed by atoms with van der Waals surface area (Å²) in [5, 5.41) is 2.66. The lowest BCUT2D eigenvalue weighted by molar-refractivity contribution is -0.139. The fourth-order valence-corrected chi connectivity index (χ4v) is 3.15. The smallest absolute Gasteiger partial charge is 0.416 e. The predicted octanol–water partition coefficient (Wildman–Crippen LogP) is 3.77. The van der Waals surface area contributed by atoms with E-state index in [0.717, 1.165) is 25.0 Å². The van der Waals surface area contributed by atoms with Crippen LogP contribution in [0.1, 0.15) is 43.9 Å². The van der Waals surface area contributed by atoms with Crippen LogP contribution in [0.15, 0.2) is 35.5 Å². The lowest BCUT2D eigenvalue weighted by Gasteiger charge is -2.35. The summed E-state index contributed by atoms with van der Waals surface area (Å²) in [5.74, 6) is -0.641. The van der Waals surface area contributed by atoms with Crippen molar-refractivity contribution >= 4 is 12.0 Å². The van der Waals surface area contributed by atoms with Gasteiger partial charge in [0.1, 0.15) is 0 Å². The Hall–Kier alpha value is -2.51. The van der Waals surface area contributed by atoms with E-state index in [9.17, 15) is 22.8 Å². The largest absolute Gasteiger partial charge is 0.463 e. The zero-order valence-electron chi connectivity index (χ0n) is 14.4. The molecule has 5 nitrogen and oxygen atoms in total. The van der Waals surface area contributed by atoms with Gasteiger partial charge in [0, 0.05) is 11.7 Å². The summed E-state index contributed by atoms with van der Waals surface area (Å²) in [6.07, 6.45) is -2.86. The van der Waals surface area contributed by atoms with Crippen LogP contribution >= 0.6 is 0 Å². The maximum Gasteiger partial charge on any atom is 0.416 e. The fraction of sp³-hybridized carbons (Fsp3) is 0.444. The van der Waals surface area contributed by atoms with E-state index in [4.69, 9.17) is 4.74 Å². The predicted molar refractivity (Wildman–Crippen MR) is 86.9 cm³/mol. The van der Waals surface area contributed by atoms with E-state index in [2.05, 4.69) is 5.32 Å². The maximum atomic E-state index is 13.0. The van der Waals surface area contributed by atoms with E-state index in [1.54, 1.807) is 13.8 Å². The average Bonchev–Trinajstić information content (AvgIpc) is 3.38. The number of alkyl halides is 3. The lowest BCUT2D eigenvalue weighted by Crippen LogP contribution is -2.48. The number of urea groups is 1. The Morgan fingerprint density at radius 1 is 1.35 bits per heavy atom. The van der Waals surface area contributed by atoms with Crippen LogP contribution in [-0.2, 0) is 15.7 Å². The Labute approximate surface area is 148 Å². The van der Waals surface area contributed by atoms with Gasteiger partial charge in [-0.3, -0.25) is 4.90 Å². The number of rotatable bonds is 4. The summed E-state index contributed by atoms with van der Waals surface area (Å²) < 4.78 is 44.2. The summed E-state index contributed by atoms with van der Waals surface area (Å²) in [6.45, 7) is 3.40. The molecule has 0 radical (unpaired) electrons. The van der Waals surface area contributed by atoms with Crippen LogP contribution in [0, 0.1) is 0 Å². The highest BCUT2D eigenvalue weighted by atomic mass is 19.4. The molecule has 1 atom stereocenters. The molecule has 1 aromatic rings. The van der Waals surface area contributed by atoms with Gasteiger partial charge in [-0.25, -0.2) is 9.59 Å². The number of esters is 1. The SMILES string of the molecule is CCOC(=O)C1=C(C)N(C2CC2)C(=O)NC1c1cccc(C(F)(F)F)c1. The number of carbonyl (C=O) groups excluding carboxylic acids is 2. The minimum atomic E-state index is -4.52.